The van der Waals surface area contributed by atoms with Crippen LogP contribution in [0.4, 0.5) is 11.5 Å². The highest BCUT2D eigenvalue weighted by Gasteiger charge is 2.21. The van der Waals surface area contributed by atoms with Crippen molar-refractivity contribution in [2.24, 2.45) is 18.0 Å². The van der Waals surface area contributed by atoms with Gasteiger partial charge in [0.05, 0.1) is 17.9 Å². The molecule has 1 aliphatic carbocycles. The summed E-state index contributed by atoms with van der Waals surface area (Å²) in [5.74, 6) is 0.703. The van der Waals surface area contributed by atoms with E-state index in [9.17, 15) is 9.59 Å². The Hall–Kier alpha value is -4.34. The van der Waals surface area contributed by atoms with Gasteiger partial charge in [-0.15, -0.1) is 0 Å². The van der Waals surface area contributed by atoms with Crippen molar-refractivity contribution < 1.29 is 9.59 Å². The molecule has 0 aromatic carbocycles. The quantitative estimate of drug-likeness (QED) is 0.441. The fourth-order valence-corrected chi connectivity index (χ4v) is 3.70. The maximum absolute atomic E-state index is 13.0. The van der Waals surface area contributed by atoms with Gasteiger partial charge in [-0.1, -0.05) is 12.1 Å². The molecular formula is C25H26N8O2. The van der Waals surface area contributed by atoms with Gasteiger partial charge in [-0.2, -0.15) is 5.10 Å². The van der Waals surface area contributed by atoms with Crippen LogP contribution in [0.1, 0.15) is 40.2 Å². The van der Waals surface area contributed by atoms with Gasteiger partial charge in [0, 0.05) is 49.9 Å². The molecule has 3 aromatic heterocycles. The van der Waals surface area contributed by atoms with Crippen LogP contribution in [0.15, 0.2) is 60.0 Å². The lowest BCUT2D eigenvalue weighted by molar-refractivity contribution is 0.0954. The second-order valence-corrected chi connectivity index (χ2v) is 8.65. The highest BCUT2D eigenvalue weighted by molar-refractivity contribution is 6.08. The van der Waals surface area contributed by atoms with Crippen molar-refractivity contribution in [1.29, 1.82) is 0 Å². The molecule has 1 aliphatic heterocycles. The summed E-state index contributed by atoms with van der Waals surface area (Å²) in [6.07, 6.45) is 10.2. The van der Waals surface area contributed by atoms with Gasteiger partial charge in [-0.05, 0) is 43.0 Å². The lowest BCUT2D eigenvalue weighted by Gasteiger charge is -2.09. The van der Waals surface area contributed by atoms with Gasteiger partial charge in [-0.25, -0.2) is 9.97 Å². The van der Waals surface area contributed by atoms with E-state index in [0.29, 0.717) is 24.3 Å². The van der Waals surface area contributed by atoms with Crippen molar-refractivity contribution in [3.05, 3.63) is 66.4 Å². The largest absolute Gasteiger partial charge is 0.370 e. The summed E-state index contributed by atoms with van der Waals surface area (Å²) in [6, 6.07) is 9.05. The number of nitrogens with zero attached hydrogens (tertiary/aromatic N) is 5. The highest BCUT2D eigenvalue weighted by Crippen LogP contribution is 2.29. The summed E-state index contributed by atoms with van der Waals surface area (Å²) >= 11 is 0. The van der Waals surface area contributed by atoms with Crippen molar-refractivity contribution in [2.45, 2.75) is 19.3 Å². The Morgan fingerprint density at radius 3 is 2.86 bits per heavy atom. The maximum atomic E-state index is 13.0. The molecular weight excluding hydrogens is 444 g/mol. The monoisotopic (exact) mass is 470 g/mol. The first-order valence-corrected chi connectivity index (χ1v) is 11.6. The van der Waals surface area contributed by atoms with E-state index in [1.807, 2.05) is 24.3 Å². The second-order valence-electron chi connectivity index (χ2n) is 8.65. The molecule has 10 nitrogen and oxygen atoms in total. The van der Waals surface area contributed by atoms with Gasteiger partial charge in [0.15, 0.2) is 5.69 Å². The van der Waals surface area contributed by atoms with Crippen LogP contribution in [0.2, 0.25) is 0 Å². The number of carbonyl (C=O) groups excluding carboxylic acids is 2. The van der Waals surface area contributed by atoms with Gasteiger partial charge in [0.1, 0.15) is 11.5 Å². The molecule has 3 aromatic rings. The molecule has 0 bridgehead atoms. The summed E-state index contributed by atoms with van der Waals surface area (Å²) in [5, 5.41) is 13.1. The van der Waals surface area contributed by atoms with Crippen LogP contribution in [0.3, 0.4) is 0 Å². The molecule has 5 rings (SSSR count). The van der Waals surface area contributed by atoms with Gasteiger partial charge in [0.25, 0.3) is 11.8 Å². The zero-order valence-corrected chi connectivity index (χ0v) is 19.4. The van der Waals surface area contributed by atoms with Crippen molar-refractivity contribution in [3.63, 3.8) is 0 Å². The molecule has 0 atom stereocenters. The summed E-state index contributed by atoms with van der Waals surface area (Å²) in [6.45, 7) is 1.24. The molecule has 0 unspecified atom stereocenters. The van der Waals surface area contributed by atoms with Crippen LogP contribution in [-0.2, 0) is 7.05 Å². The number of anilines is 2. The summed E-state index contributed by atoms with van der Waals surface area (Å²) in [5.41, 5.74) is 3.05. The third kappa shape index (κ3) is 5.60. The molecule has 4 heterocycles. The Bertz CT molecular complexity index is 1320. The number of hydrogen-bond acceptors (Lipinski definition) is 7. The minimum Gasteiger partial charge on any atom is -0.370 e. The van der Waals surface area contributed by atoms with Crippen LogP contribution in [0, 0.1) is 5.92 Å². The molecule has 1 saturated carbocycles. The summed E-state index contributed by atoms with van der Waals surface area (Å²) in [4.78, 5) is 38.8. The Labute approximate surface area is 202 Å². The molecule has 2 amide bonds. The Morgan fingerprint density at radius 1 is 1.17 bits per heavy atom. The standard InChI is InChI=1S/C25H26N8O2/c1-33-15-21(23(32-33)25(35)29-14-18-4-3-10-26-18)31-24(34)20-6-2-5-19(30-20)17-9-11-27-22(12-17)28-13-16-7-8-16/h2-3,5-6,9-12,15-16H,4,7-8,13-14H2,1H3,(H,27,28)(H,29,35)(H,31,34). The van der Waals surface area contributed by atoms with E-state index in [2.05, 4.69) is 36.0 Å². The first-order chi connectivity index (χ1) is 17.0. The molecule has 0 saturated heterocycles. The number of amides is 2. The lowest BCUT2D eigenvalue weighted by atomic mass is 10.1. The van der Waals surface area contributed by atoms with Crippen LogP contribution >= 0.6 is 0 Å². The number of aromatic nitrogens is 4. The van der Waals surface area contributed by atoms with E-state index in [1.165, 1.54) is 17.5 Å². The SMILES string of the molecule is Cn1cc(NC(=O)c2cccc(-c3ccnc(NCC4CC4)c3)n2)c(C(=O)NCC2=NC=CC2)n1. The van der Waals surface area contributed by atoms with Crippen LogP contribution in [0.5, 0.6) is 0 Å². The summed E-state index contributed by atoms with van der Waals surface area (Å²) in [7, 11) is 1.69. The second kappa shape index (κ2) is 9.88. The number of carbonyl (C=O) groups is 2. The van der Waals surface area contributed by atoms with Crippen LogP contribution < -0.4 is 16.0 Å². The molecule has 1 fully saturated rings. The minimum absolute atomic E-state index is 0.129. The zero-order chi connectivity index (χ0) is 24.2. The van der Waals surface area contributed by atoms with E-state index in [4.69, 9.17) is 0 Å². The number of nitrogens with one attached hydrogen (secondary N) is 3. The van der Waals surface area contributed by atoms with Gasteiger partial charge in [0.2, 0.25) is 0 Å². The minimum atomic E-state index is -0.431. The average molecular weight is 471 g/mol. The van der Waals surface area contributed by atoms with Gasteiger partial charge < -0.3 is 16.0 Å². The molecule has 3 N–H and O–H groups in total. The van der Waals surface area contributed by atoms with Crippen molar-refractivity contribution in [1.82, 2.24) is 25.1 Å². The van der Waals surface area contributed by atoms with E-state index >= 15 is 0 Å². The first kappa shape index (κ1) is 22.5. The van der Waals surface area contributed by atoms with Crippen LogP contribution in [-0.4, -0.2) is 50.4 Å². The van der Waals surface area contributed by atoms with E-state index in [-0.39, 0.29) is 17.3 Å². The molecule has 0 radical (unpaired) electrons. The number of rotatable bonds is 9. The van der Waals surface area contributed by atoms with E-state index in [1.54, 1.807) is 37.8 Å². The molecule has 2 aliphatic rings. The predicted octanol–water partition coefficient (Wildman–Crippen LogP) is 3.04. The number of aliphatic imine (C=N–C) groups is 1. The van der Waals surface area contributed by atoms with Crippen molar-refractivity contribution in [2.75, 3.05) is 23.7 Å². The van der Waals surface area contributed by atoms with Crippen LogP contribution in [0.25, 0.3) is 11.3 Å². The molecule has 178 valence electrons. The molecule has 0 spiro atoms. The first-order valence-electron chi connectivity index (χ1n) is 11.6. The summed E-state index contributed by atoms with van der Waals surface area (Å²) < 4.78 is 1.48. The fraction of sp³-hybridized carbons (Fsp3) is 0.280. The third-order valence-electron chi connectivity index (χ3n) is 5.77. The smallest absolute Gasteiger partial charge is 0.274 e. The van der Waals surface area contributed by atoms with Gasteiger partial charge in [-0.3, -0.25) is 19.3 Å². The predicted molar refractivity (Wildman–Crippen MR) is 133 cm³/mol. The normalized spacial score (nSPS) is 14.5. The van der Waals surface area contributed by atoms with Gasteiger partial charge >= 0.3 is 0 Å². The zero-order valence-electron chi connectivity index (χ0n) is 19.4. The average Bonchev–Trinajstić information content (AvgIpc) is 3.42. The molecule has 10 heteroatoms. The van der Waals surface area contributed by atoms with Crippen molar-refractivity contribution >= 4 is 29.0 Å². The lowest BCUT2D eigenvalue weighted by Crippen LogP contribution is -2.30. The maximum Gasteiger partial charge on any atom is 0.274 e. The number of allylic oxidation sites excluding steroid dienone is 1. The fourth-order valence-electron chi connectivity index (χ4n) is 3.70. The third-order valence-corrected chi connectivity index (χ3v) is 5.77. The Balaban J connectivity index is 1.28. The Morgan fingerprint density at radius 2 is 2.06 bits per heavy atom. The number of aryl methyl sites for hydroxylation is 1. The highest BCUT2D eigenvalue weighted by atomic mass is 16.2. The van der Waals surface area contributed by atoms with E-state index in [0.717, 1.165) is 29.6 Å². The number of hydrogen-bond donors (Lipinski definition) is 3. The Kier molecular flexibility index (Phi) is 6.34. The number of pyridine rings is 2. The topological polar surface area (TPSA) is 126 Å². The molecule has 35 heavy (non-hydrogen) atoms. The van der Waals surface area contributed by atoms with Crippen molar-refractivity contribution in [3.8, 4) is 11.3 Å². The van der Waals surface area contributed by atoms with E-state index < -0.39 is 5.91 Å².